The van der Waals surface area contributed by atoms with Gasteiger partial charge in [0.25, 0.3) is 5.91 Å². The smallest absolute Gasteiger partial charge is 0.353 e. The Bertz CT molecular complexity index is 695. The van der Waals surface area contributed by atoms with Crippen LogP contribution in [0.25, 0.3) is 0 Å². The van der Waals surface area contributed by atoms with Crippen LogP contribution < -0.4 is 0 Å². The van der Waals surface area contributed by atoms with E-state index in [1.165, 1.54) is 12.1 Å². The molecule has 0 saturated carbocycles. The number of rotatable bonds is 4. The summed E-state index contributed by atoms with van der Waals surface area (Å²) < 4.78 is 29.2. The zero-order valence-electron chi connectivity index (χ0n) is 13.0. The van der Waals surface area contributed by atoms with E-state index in [1.807, 2.05) is 0 Å². The largest absolute Gasteiger partial charge is 0.381 e. The lowest BCUT2D eigenvalue weighted by Gasteiger charge is -2.31. The van der Waals surface area contributed by atoms with Gasteiger partial charge in [0.05, 0.1) is 6.04 Å². The van der Waals surface area contributed by atoms with Crippen LogP contribution in [0.2, 0.25) is 0 Å². The number of amides is 1. The molecule has 1 saturated heterocycles. The molecule has 2 unspecified atom stereocenters. The maximum Gasteiger partial charge on any atom is 0.353 e. The molecular formula is C18H18F2N2O2. The van der Waals surface area contributed by atoms with E-state index >= 15 is 0 Å². The molecule has 0 radical (unpaired) electrons. The minimum Gasteiger partial charge on any atom is -0.381 e. The first-order valence-corrected chi connectivity index (χ1v) is 7.83. The third kappa shape index (κ3) is 3.01. The number of halogens is 2. The molecular weight excluding hydrogens is 314 g/mol. The van der Waals surface area contributed by atoms with Gasteiger partial charge >= 0.3 is 5.92 Å². The van der Waals surface area contributed by atoms with Gasteiger partial charge in [-0.1, -0.05) is 36.4 Å². The molecule has 3 rings (SSSR count). The van der Waals surface area contributed by atoms with E-state index in [-0.39, 0.29) is 12.1 Å². The molecule has 24 heavy (non-hydrogen) atoms. The topological polar surface area (TPSA) is 53.4 Å². The number of likely N-dealkylation sites (tertiary alicyclic amines) is 1. The summed E-state index contributed by atoms with van der Waals surface area (Å²) in [5, 5.41) is 10.0. The Morgan fingerprint density at radius 3 is 2.67 bits per heavy atom. The number of aliphatic hydroxyl groups is 1. The van der Waals surface area contributed by atoms with Gasteiger partial charge in [-0.3, -0.25) is 9.78 Å². The molecule has 6 heteroatoms. The van der Waals surface area contributed by atoms with E-state index in [0.717, 1.165) is 10.5 Å². The average molecular weight is 332 g/mol. The second kappa shape index (κ2) is 6.65. The maximum absolute atomic E-state index is 14.6. The average Bonchev–Trinajstić information content (AvgIpc) is 3.11. The fourth-order valence-electron chi connectivity index (χ4n) is 3.08. The molecule has 1 aliphatic rings. The molecule has 0 aliphatic carbocycles. The van der Waals surface area contributed by atoms with Crippen molar-refractivity contribution in [2.24, 2.45) is 0 Å². The van der Waals surface area contributed by atoms with Gasteiger partial charge < -0.3 is 10.0 Å². The van der Waals surface area contributed by atoms with Crippen LogP contribution in [-0.4, -0.2) is 33.4 Å². The van der Waals surface area contributed by atoms with Crippen LogP contribution in [0.15, 0.2) is 54.9 Å². The predicted octanol–water partition coefficient (Wildman–Crippen LogP) is 3.11. The molecule has 4 nitrogen and oxygen atoms in total. The van der Waals surface area contributed by atoms with Crippen LogP contribution in [-0.2, 0) is 4.79 Å². The zero-order chi connectivity index (χ0) is 17.2. The van der Waals surface area contributed by atoms with Crippen molar-refractivity contribution >= 4 is 5.91 Å². The maximum atomic E-state index is 14.6. The Kier molecular flexibility index (Phi) is 4.57. The lowest BCUT2D eigenvalue weighted by molar-refractivity contribution is -0.176. The molecule has 1 fully saturated rings. The summed E-state index contributed by atoms with van der Waals surface area (Å²) in [6.45, 7) is 0.246. The second-order valence-electron chi connectivity index (χ2n) is 5.88. The molecule has 2 aromatic rings. The normalized spacial score (nSPS) is 19.3. The second-order valence-corrected chi connectivity index (χ2v) is 5.88. The number of pyridine rings is 1. The number of nitrogens with zero attached hydrogens (tertiary/aromatic N) is 2. The fraction of sp³-hybridized carbons (Fsp3) is 0.333. The van der Waals surface area contributed by atoms with E-state index in [9.17, 15) is 18.7 Å². The third-order valence-electron chi connectivity index (χ3n) is 4.33. The molecule has 2 atom stereocenters. The lowest BCUT2D eigenvalue weighted by atomic mass is 10.0. The van der Waals surface area contributed by atoms with Crippen molar-refractivity contribution in [3.05, 3.63) is 66.0 Å². The van der Waals surface area contributed by atoms with E-state index in [0.29, 0.717) is 12.8 Å². The third-order valence-corrected chi connectivity index (χ3v) is 4.33. The molecule has 1 aromatic carbocycles. The summed E-state index contributed by atoms with van der Waals surface area (Å²) in [5.41, 5.74) is 0.751. The van der Waals surface area contributed by atoms with E-state index < -0.39 is 24.0 Å². The minimum absolute atomic E-state index is 0.0213. The number of hydrogen-bond acceptors (Lipinski definition) is 3. The molecule has 126 valence electrons. The van der Waals surface area contributed by atoms with Crippen LogP contribution in [0.4, 0.5) is 8.78 Å². The van der Waals surface area contributed by atoms with Crippen LogP contribution in [0.1, 0.15) is 36.1 Å². The van der Waals surface area contributed by atoms with Crippen LogP contribution in [0, 0.1) is 0 Å². The van der Waals surface area contributed by atoms with Crippen LogP contribution in [0.5, 0.6) is 0 Å². The number of alkyl halides is 2. The highest BCUT2D eigenvalue weighted by molar-refractivity contribution is 5.85. The van der Waals surface area contributed by atoms with Gasteiger partial charge in [0.2, 0.25) is 0 Å². The molecule has 0 bridgehead atoms. The SMILES string of the molecule is O=C(N1CCCC1c1cccnc1)C(F)(F)C(O)c1ccccc1. The molecule has 1 N–H and O–H groups in total. The van der Waals surface area contributed by atoms with Gasteiger partial charge in [-0.15, -0.1) is 0 Å². The van der Waals surface area contributed by atoms with Crippen molar-refractivity contribution in [1.82, 2.24) is 9.88 Å². The number of carbonyl (C=O) groups is 1. The Hall–Kier alpha value is -2.34. The Morgan fingerprint density at radius 2 is 2.00 bits per heavy atom. The van der Waals surface area contributed by atoms with Crippen molar-refractivity contribution in [3.63, 3.8) is 0 Å². The van der Waals surface area contributed by atoms with Gasteiger partial charge in [0, 0.05) is 18.9 Å². The van der Waals surface area contributed by atoms with Gasteiger partial charge in [-0.25, -0.2) is 0 Å². The molecule has 1 aliphatic heterocycles. The predicted molar refractivity (Wildman–Crippen MR) is 84.3 cm³/mol. The molecule has 2 heterocycles. The molecule has 0 spiro atoms. The first kappa shape index (κ1) is 16.5. The van der Waals surface area contributed by atoms with Crippen molar-refractivity contribution in [2.75, 3.05) is 6.54 Å². The molecule has 1 aromatic heterocycles. The Labute approximate surface area is 138 Å². The van der Waals surface area contributed by atoms with Crippen LogP contribution in [0.3, 0.4) is 0 Å². The number of benzene rings is 1. The fourth-order valence-corrected chi connectivity index (χ4v) is 3.08. The number of carbonyl (C=O) groups excluding carboxylic acids is 1. The van der Waals surface area contributed by atoms with Crippen molar-refractivity contribution in [1.29, 1.82) is 0 Å². The monoisotopic (exact) mass is 332 g/mol. The molecule has 1 amide bonds. The van der Waals surface area contributed by atoms with Gasteiger partial charge in [0.1, 0.15) is 0 Å². The summed E-state index contributed by atoms with van der Waals surface area (Å²) >= 11 is 0. The zero-order valence-corrected chi connectivity index (χ0v) is 13.0. The number of aromatic nitrogens is 1. The highest BCUT2D eigenvalue weighted by atomic mass is 19.3. The van der Waals surface area contributed by atoms with Crippen LogP contribution >= 0.6 is 0 Å². The van der Waals surface area contributed by atoms with Crippen molar-refractivity contribution in [2.45, 2.75) is 30.9 Å². The van der Waals surface area contributed by atoms with E-state index in [2.05, 4.69) is 4.98 Å². The van der Waals surface area contributed by atoms with Gasteiger partial charge in [-0.2, -0.15) is 8.78 Å². The van der Waals surface area contributed by atoms with E-state index in [4.69, 9.17) is 0 Å². The number of hydrogen-bond donors (Lipinski definition) is 1. The summed E-state index contributed by atoms with van der Waals surface area (Å²) in [4.78, 5) is 17.6. The Balaban J connectivity index is 1.84. The lowest BCUT2D eigenvalue weighted by Crippen LogP contribution is -2.46. The van der Waals surface area contributed by atoms with Crippen molar-refractivity contribution < 1.29 is 18.7 Å². The number of aliphatic hydroxyl groups excluding tert-OH is 1. The summed E-state index contributed by atoms with van der Waals surface area (Å²) in [5.74, 6) is -5.23. The first-order valence-electron chi connectivity index (χ1n) is 7.83. The summed E-state index contributed by atoms with van der Waals surface area (Å²) in [6.07, 6.45) is 2.26. The highest BCUT2D eigenvalue weighted by Gasteiger charge is 2.51. The minimum atomic E-state index is -3.88. The van der Waals surface area contributed by atoms with Gasteiger partial charge in [-0.05, 0) is 30.0 Å². The van der Waals surface area contributed by atoms with Crippen molar-refractivity contribution in [3.8, 4) is 0 Å². The van der Waals surface area contributed by atoms with Gasteiger partial charge in [0.15, 0.2) is 6.10 Å². The highest BCUT2D eigenvalue weighted by Crippen LogP contribution is 2.39. The first-order chi connectivity index (χ1) is 11.5. The Morgan fingerprint density at radius 1 is 1.25 bits per heavy atom. The quantitative estimate of drug-likeness (QED) is 0.936. The standard InChI is InChI=1S/C18H18F2N2O2/c19-18(20,16(23)13-6-2-1-3-7-13)17(24)22-11-5-9-15(22)14-8-4-10-21-12-14/h1-4,6-8,10,12,15-16,23H,5,9,11H2. The summed E-state index contributed by atoms with van der Waals surface area (Å²) in [6, 6.07) is 10.6. The van der Waals surface area contributed by atoms with E-state index in [1.54, 1.807) is 42.7 Å². The summed E-state index contributed by atoms with van der Waals surface area (Å²) in [7, 11) is 0.